The van der Waals surface area contributed by atoms with Crippen LogP contribution in [0.3, 0.4) is 0 Å². The minimum Gasteiger partial charge on any atom is -0.508 e. The van der Waals surface area contributed by atoms with Crippen molar-refractivity contribution in [2.24, 2.45) is 0 Å². The maximum absolute atomic E-state index is 10.1. The van der Waals surface area contributed by atoms with Crippen LogP contribution in [-0.2, 0) is 0 Å². The van der Waals surface area contributed by atoms with Crippen molar-refractivity contribution in [3.8, 4) is 11.5 Å². The number of nitrogens with one attached hydrogen (secondary N) is 1. The Bertz CT molecular complexity index is 569. The number of piperidine rings is 1. The molecule has 0 bridgehead atoms. The highest BCUT2D eigenvalue weighted by atomic mass is 16.3. The summed E-state index contributed by atoms with van der Waals surface area (Å²) in [4.78, 5) is 0. The molecule has 3 N–H and O–H groups in total. The molecule has 3 rings (SSSR count). The van der Waals surface area contributed by atoms with Crippen LogP contribution >= 0.6 is 0 Å². The summed E-state index contributed by atoms with van der Waals surface area (Å²) in [5, 5.41) is 25.2. The van der Waals surface area contributed by atoms with Crippen LogP contribution in [0.25, 0.3) is 10.8 Å². The van der Waals surface area contributed by atoms with Gasteiger partial charge in [-0.25, -0.2) is 0 Å². The lowest BCUT2D eigenvalue weighted by Crippen LogP contribution is -2.26. The Morgan fingerprint density at radius 1 is 1.06 bits per heavy atom. The molecule has 94 valence electrons. The van der Waals surface area contributed by atoms with E-state index < -0.39 is 0 Å². The molecule has 1 aliphatic rings. The molecule has 3 nitrogen and oxygen atoms in total. The molecular weight excluding hydrogens is 226 g/mol. The van der Waals surface area contributed by atoms with E-state index in [9.17, 15) is 10.2 Å². The molecular formula is C15H17NO2. The van der Waals surface area contributed by atoms with Crippen LogP contribution in [0, 0.1) is 0 Å². The van der Waals surface area contributed by atoms with Gasteiger partial charge in [-0.3, -0.25) is 0 Å². The SMILES string of the molecule is Oc1ccc2ccc(O)c(C3CCCCN3)c2c1. The van der Waals surface area contributed by atoms with Gasteiger partial charge >= 0.3 is 0 Å². The van der Waals surface area contributed by atoms with E-state index in [0.717, 1.165) is 29.3 Å². The minimum atomic E-state index is 0.184. The summed E-state index contributed by atoms with van der Waals surface area (Å²) in [5.41, 5.74) is 0.920. The predicted octanol–water partition coefficient (Wildman–Crippen LogP) is 3.07. The lowest BCUT2D eigenvalue weighted by Gasteiger charge is -2.25. The summed E-state index contributed by atoms with van der Waals surface area (Å²) >= 11 is 0. The molecule has 0 spiro atoms. The van der Waals surface area contributed by atoms with Crippen molar-refractivity contribution in [1.82, 2.24) is 5.32 Å². The van der Waals surface area contributed by atoms with Crippen LogP contribution in [0.4, 0.5) is 0 Å². The van der Waals surface area contributed by atoms with Gasteiger partial charge in [0, 0.05) is 11.6 Å². The Hall–Kier alpha value is -1.74. The molecule has 0 aromatic heterocycles. The van der Waals surface area contributed by atoms with E-state index in [0.29, 0.717) is 5.75 Å². The average Bonchev–Trinajstić information content (AvgIpc) is 2.39. The third-order valence-electron chi connectivity index (χ3n) is 3.68. The Morgan fingerprint density at radius 2 is 1.89 bits per heavy atom. The summed E-state index contributed by atoms with van der Waals surface area (Å²) in [6, 6.07) is 9.11. The van der Waals surface area contributed by atoms with Gasteiger partial charge in [0.05, 0.1) is 0 Å². The van der Waals surface area contributed by atoms with E-state index in [1.165, 1.54) is 12.8 Å². The third-order valence-corrected chi connectivity index (χ3v) is 3.68. The number of phenols is 2. The second-order valence-corrected chi connectivity index (χ2v) is 4.91. The van der Waals surface area contributed by atoms with Crippen LogP contribution in [0.1, 0.15) is 30.9 Å². The molecule has 0 amide bonds. The number of phenolic OH excluding ortho intramolecular Hbond substituents is 2. The van der Waals surface area contributed by atoms with Crippen molar-refractivity contribution >= 4 is 10.8 Å². The van der Waals surface area contributed by atoms with Crippen molar-refractivity contribution in [2.75, 3.05) is 6.54 Å². The first-order chi connectivity index (χ1) is 8.75. The number of fused-ring (bicyclic) bond motifs is 1. The molecule has 1 atom stereocenters. The second-order valence-electron chi connectivity index (χ2n) is 4.91. The number of aromatic hydroxyl groups is 2. The van der Waals surface area contributed by atoms with Crippen LogP contribution in [-0.4, -0.2) is 16.8 Å². The highest BCUT2D eigenvalue weighted by Gasteiger charge is 2.20. The summed E-state index contributed by atoms with van der Waals surface area (Å²) in [5.74, 6) is 0.553. The zero-order valence-electron chi connectivity index (χ0n) is 10.2. The molecule has 2 aromatic rings. The lowest BCUT2D eigenvalue weighted by atomic mass is 9.92. The zero-order chi connectivity index (χ0) is 12.5. The number of hydrogen-bond donors (Lipinski definition) is 3. The van der Waals surface area contributed by atoms with Crippen LogP contribution in [0.5, 0.6) is 11.5 Å². The standard InChI is InChI=1S/C15H17NO2/c17-11-6-4-10-5-7-14(18)15(12(10)9-11)13-3-1-2-8-16-13/h4-7,9,13,16-18H,1-3,8H2. The van der Waals surface area contributed by atoms with Gasteiger partial charge in [-0.1, -0.05) is 18.6 Å². The van der Waals surface area contributed by atoms with Gasteiger partial charge < -0.3 is 15.5 Å². The van der Waals surface area contributed by atoms with Gasteiger partial charge in [-0.2, -0.15) is 0 Å². The fourth-order valence-corrected chi connectivity index (χ4v) is 2.78. The molecule has 1 unspecified atom stereocenters. The molecule has 1 saturated heterocycles. The smallest absolute Gasteiger partial charge is 0.120 e. The monoisotopic (exact) mass is 243 g/mol. The minimum absolute atomic E-state index is 0.184. The Labute approximate surface area is 106 Å². The molecule has 18 heavy (non-hydrogen) atoms. The topological polar surface area (TPSA) is 52.5 Å². The summed E-state index contributed by atoms with van der Waals surface area (Å²) in [7, 11) is 0. The normalized spacial score (nSPS) is 20.1. The summed E-state index contributed by atoms with van der Waals surface area (Å²) < 4.78 is 0. The molecule has 0 radical (unpaired) electrons. The Morgan fingerprint density at radius 3 is 2.67 bits per heavy atom. The highest BCUT2D eigenvalue weighted by Crippen LogP contribution is 2.37. The summed E-state index contributed by atoms with van der Waals surface area (Å²) in [6.07, 6.45) is 3.39. The number of benzene rings is 2. The average molecular weight is 243 g/mol. The first kappa shape index (κ1) is 11.4. The molecule has 1 fully saturated rings. The molecule has 3 heteroatoms. The molecule has 2 aromatic carbocycles. The maximum Gasteiger partial charge on any atom is 0.120 e. The van der Waals surface area contributed by atoms with Gasteiger partial charge in [0.2, 0.25) is 0 Å². The fourth-order valence-electron chi connectivity index (χ4n) is 2.78. The summed E-state index contributed by atoms with van der Waals surface area (Å²) in [6.45, 7) is 0.985. The van der Waals surface area contributed by atoms with E-state index in [4.69, 9.17) is 0 Å². The fraction of sp³-hybridized carbons (Fsp3) is 0.333. The van der Waals surface area contributed by atoms with Crippen molar-refractivity contribution in [3.05, 3.63) is 35.9 Å². The first-order valence-electron chi connectivity index (χ1n) is 6.44. The van der Waals surface area contributed by atoms with Gasteiger partial charge in [0.1, 0.15) is 11.5 Å². The van der Waals surface area contributed by atoms with Gasteiger partial charge in [-0.15, -0.1) is 0 Å². The van der Waals surface area contributed by atoms with Crippen molar-refractivity contribution in [3.63, 3.8) is 0 Å². The molecule has 0 saturated carbocycles. The first-order valence-corrected chi connectivity index (χ1v) is 6.44. The van der Waals surface area contributed by atoms with Crippen LogP contribution in [0.15, 0.2) is 30.3 Å². The molecule has 1 aliphatic heterocycles. The number of rotatable bonds is 1. The van der Waals surface area contributed by atoms with E-state index in [1.54, 1.807) is 18.2 Å². The van der Waals surface area contributed by atoms with Crippen molar-refractivity contribution < 1.29 is 10.2 Å². The maximum atomic E-state index is 10.1. The molecule has 0 aliphatic carbocycles. The van der Waals surface area contributed by atoms with Gasteiger partial charge in [0.25, 0.3) is 0 Å². The quantitative estimate of drug-likeness (QED) is 0.721. The van der Waals surface area contributed by atoms with E-state index >= 15 is 0 Å². The van der Waals surface area contributed by atoms with Crippen LogP contribution in [0.2, 0.25) is 0 Å². The lowest BCUT2D eigenvalue weighted by molar-refractivity contribution is 0.393. The van der Waals surface area contributed by atoms with Crippen LogP contribution < -0.4 is 5.32 Å². The second kappa shape index (κ2) is 4.50. The zero-order valence-corrected chi connectivity index (χ0v) is 10.2. The van der Waals surface area contributed by atoms with E-state index in [-0.39, 0.29) is 11.8 Å². The van der Waals surface area contributed by atoms with Crippen molar-refractivity contribution in [1.29, 1.82) is 0 Å². The Balaban J connectivity index is 2.18. The molecule has 1 heterocycles. The number of hydrogen-bond acceptors (Lipinski definition) is 3. The van der Waals surface area contributed by atoms with Crippen molar-refractivity contribution in [2.45, 2.75) is 25.3 Å². The predicted molar refractivity (Wildman–Crippen MR) is 71.9 cm³/mol. The van der Waals surface area contributed by atoms with Gasteiger partial charge in [-0.05, 0) is 48.4 Å². The van der Waals surface area contributed by atoms with Gasteiger partial charge in [0.15, 0.2) is 0 Å². The largest absolute Gasteiger partial charge is 0.508 e. The third kappa shape index (κ3) is 1.91. The van der Waals surface area contributed by atoms with E-state index in [2.05, 4.69) is 5.32 Å². The Kier molecular flexibility index (Phi) is 2.84. The highest BCUT2D eigenvalue weighted by molar-refractivity contribution is 5.89. The van der Waals surface area contributed by atoms with E-state index in [1.807, 2.05) is 12.1 Å².